The van der Waals surface area contributed by atoms with Gasteiger partial charge in [0.15, 0.2) is 0 Å². The molecule has 3 rings (SSSR count). The van der Waals surface area contributed by atoms with Crippen molar-refractivity contribution >= 4 is 10.5 Å². The van der Waals surface area contributed by atoms with Crippen molar-refractivity contribution in [3.05, 3.63) is 54.6 Å². The SMILES string of the molecule is CCOc1nnc(Oc2ccc(Oc3ccccc3)cc2)[s+]1C. The molecule has 0 radical (unpaired) electrons. The zero-order valence-electron chi connectivity index (χ0n) is 12.9. The minimum atomic E-state index is -0.361. The van der Waals surface area contributed by atoms with Gasteiger partial charge in [0.1, 0.15) is 34.0 Å². The fourth-order valence-electron chi connectivity index (χ4n) is 1.90. The molecule has 0 amide bonds. The van der Waals surface area contributed by atoms with Gasteiger partial charge in [-0.05, 0) is 43.3 Å². The summed E-state index contributed by atoms with van der Waals surface area (Å²) in [5.41, 5.74) is 0. The van der Waals surface area contributed by atoms with Gasteiger partial charge in [-0.3, -0.25) is 0 Å². The monoisotopic (exact) mass is 329 g/mol. The highest BCUT2D eigenvalue weighted by atomic mass is 32.2. The van der Waals surface area contributed by atoms with Crippen LogP contribution in [0.15, 0.2) is 54.6 Å². The van der Waals surface area contributed by atoms with Crippen LogP contribution >= 0.6 is 10.5 Å². The zero-order chi connectivity index (χ0) is 16.1. The van der Waals surface area contributed by atoms with Gasteiger partial charge in [-0.15, -0.1) is 0 Å². The Bertz CT molecular complexity index is 757. The fraction of sp³-hybridized carbons (Fsp3) is 0.176. The first kappa shape index (κ1) is 15.3. The van der Waals surface area contributed by atoms with E-state index >= 15 is 0 Å². The van der Waals surface area contributed by atoms with Gasteiger partial charge in [-0.2, -0.15) is 0 Å². The molecule has 0 fully saturated rings. The standard InChI is InChI=1S/C17H17N2O3S/c1-3-20-16-18-19-17(23(16)2)22-15-11-9-14(10-12-15)21-13-7-5-4-6-8-13/h4-12H,3H2,1-2H3/q+1. The van der Waals surface area contributed by atoms with Crippen LogP contribution in [0.2, 0.25) is 0 Å². The van der Waals surface area contributed by atoms with E-state index in [0.717, 1.165) is 11.5 Å². The number of ether oxygens (including phenoxy) is 3. The molecular formula is C17H17N2O3S+. The van der Waals surface area contributed by atoms with Crippen LogP contribution < -0.4 is 14.2 Å². The predicted molar refractivity (Wildman–Crippen MR) is 89.7 cm³/mol. The normalized spacial score (nSPS) is 11.1. The third kappa shape index (κ3) is 3.78. The van der Waals surface area contributed by atoms with Crippen LogP contribution in [0.4, 0.5) is 0 Å². The molecule has 0 aliphatic rings. The number of para-hydroxylation sites is 1. The average Bonchev–Trinajstić information content (AvgIpc) is 2.91. The Balaban J connectivity index is 1.68. The molecule has 1 aromatic heterocycles. The molecule has 1 heterocycles. The predicted octanol–water partition coefficient (Wildman–Crippen LogP) is 4.75. The maximum atomic E-state index is 5.78. The molecule has 0 N–H and O–H groups in total. The number of rotatable bonds is 6. The average molecular weight is 329 g/mol. The van der Waals surface area contributed by atoms with Crippen LogP contribution in [0.1, 0.15) is 6.92 Å². The van der Waals surface area contributed by atoms with E-state index in [1.165, 1.54) is 0 Å². The van der Waals surface area contributed by atoms with Crippen LogP contribution in [-0.4, -0.2) is 16.8 Å². The number of hydrogen-bond acceptors (Lipinski definition) is 5. The molecular weight excluding hydrogens is 312 g/mol. The van der Waals surface area contributed by atoms with Gasteiger partial charge >= 0.3 is 10.4 Å². The van der Waals surface area contributed by atoms with Crippen molar-refractivity contribution in [2.24, 2.45) is 6.26 Å². The van der Waals surface area contributed by atoms with Gasteiger partial charge in [0.2, 0.25) is 0 Å². The summed E-state index contributed by atoms with van der Waals surface area (Å²) < 4.78 is 16.9. The van der Waals surface area contributed by atoms with Crippen molar-refractivity contribution in [1.29, 1.82) is 0 Å². The Labute approximate surface area is 137 Å². The maximum Gasteiger partial charge on any atom is 0.464 e. The van der Waals surface area contributed by atoms with E-state index in [9.17, 15) is 0 Å². The number of benzene rings is 2. The first-order valence-corrected chi connectivity index (χ1v) is 8.85. The van der Waals surface area contributed by atoms with E-state index in [0.29, 0.717) is 22.7 Å². The second-order valence-corrected chi connectivity index (χ2v) is 6.38. The maximum absolute atomic E-state index is 5.78. The van der Waals surface area contributed by atoms with Gasteiger partial charge in [0, 0.05) is 0 Å². The van der Waals surface area contributed by atoms with E-state index < -0.39 is 0 Å². The van der Waals surface area contributed by atoms with E-state index in [1.54, 1.807) is 0 Å². The summed E-state index contributed by atoms with van der Waals surface area (Å²) >= 11 is 0. The summed E-state index contributed by atoms with van der Waals surface area (Å²) in [5.74, 6) is 2.24. The van der Waals surface area contributed by atoms with Crippen molar-refractivity contribution in [2.45, 2.75) is 6.92 Å². The van der Waals surface area contributed by atoms with Crippen molar-refractivity contribution in [1.82, 2.24) is 10.2 Å². The van der Waals surface area contributed by atoms with Crippen LogP contribution in [0.5, 0.6) is 27.6 Å². The quantitative estimate of drug-likeness (QED) is 0.611. The molecule has 0 saturated carbocycles. The Hall–Kier alpha value is -2.60. The summed E-state index contributed by atoms with van der Waals surface area (Å²) in [4.78, 5) is 0. The second kappa shape index (κ2) is 7.11. The topological polar surface area (TPSA) is 53.5 Å². The second-order valence-electron chi connectivity index (χ2n) is 4.66. The highest BCUT2D eigenvalue weighted by Crippen LogP contribution is 2.38. The molecule has 0 bridgehead atoms. The lowest BCUT2D eigenvalue weighted by Gasteiger charge is -2.05. The summed E-state index contributed by atoms with van der Waals surface area (Å²) in [6.45, 7) is 2.49. The molecule has 0 aliphatic carbocycles. The molecule has 3 aromatic rings. The lowest BCUT2D eigenvalue weighted by Crippen LogP contribution is -1.90. The third-order valence-corrected chi connectivity index (χ3v) is 4.42. The summed E-state index contributed by atoms with van der Waals surface area (Å²) in [6, 6.07) is 17.0. The van der Waals surface area contributed by atoms with E-state index in [4.69, 9.17) is 14.2 Å². The van der Waals surface area contributed by atoms with E-state index in [-0.39, 0.29) is 10.5 Å². The van der Waals surface area contributed by atoms with Gasteiger partial charge in [0.05, 0.1) is 6.61 Å². The van der Waals surface area contributed by atoms with Gasteiger partial charge in [-0.25, -0.2) is 0 Å². The Morgan fingerprint density at radius 2 is 1.35 bits per heavy atom. The van der Waals surface area contributed by atoms with Crippen LogP contribution in [0.25, 0.3) is 0 Å². The molecule has 0 spiro atoms. The number of hydrogen-bond donors (Lipinski definition) is 0. The van der Waals surface area contributed by atoms with E-state index in [2.05, 4.69) is 10.2 Å². The minimum absolute atomic E-state index is 0.361. The smallest absolute Gasteiger partial charge is 0.457 e. The third-order valence-electron chi connectivity index (χ3n) is 3.01. The highest BCUT2D eigenvalue weighted by molar-refractivity contribution is 7.32. The van der Waals surface area contributed by atoms with Crippen LogP contribution in [0, 0.1) is 0 Å². The van der Waals surface area contributed by atoms with Crippen LogP contribution in [0.3, 0.4) is 0 Å². The lowest BCUT2D eigenvalue weighted by molar-refractivity contribution is 0.334. The first-order chi connectivity index (χ1) is 11.3. The molecule has 0 aliphatic heterocycles. The molecule has 6 heteroatoms. The molecule has 118 valence electrons. The summed E-state index contributed by atoms with van der Waals surface area (Å²) in [6.07, 6.45) is 1.98. The van der Waals surface area contributed by atoms with Crippen molar-refractivity contribution < 1.29 is 14.2 Å². The molecule has 0 saturated heterocycles. The number of aromatic nitrogens is 2. The van der Waals surface area contributed by atoms with Gasteiger partial charge < -0.3 is 14.2 Å². The summed E-state index contributed by atoms with van der Waals surface area (Å²) in [5, 5.41) is 9.22. The van der Waals surface area contributed by atoms with Crippen molar-refractivity contribution in [3.63, 3.8) is 0 Å². The molecule has 23 heavy (non-hydrogen) atoms. The molecule has 1 unspecified atom stereocenters. The molecule has 1 atom stereocenters. The lowest BCUT2D eigenvalue weighted by atomic mass is 10.3. The largest absolute Gasteiger partial charge is 0.464 e. The summed E-state index contributed by atoms with van der Waals surface area (Å²) in [7, 11) is -0.361. The molecule has 2 aromatic carbocycles. The zero-order valence-corrected chi connectivity index (χ0v) is 13.7. The fourth-order valence-corrected chi connectivity index (χ4v) is 2.90. The Morgan fingerprint density at radius 3 is 2.00 bits per heavy atom. The van der Waals surface area contributed by atoms with Crippen LogP contribution in [-0.2, 0) is 6.26 Å². The first-order valence-electron chi connectivity index (χ1n) is 7.21. The number of nitrogens with zero attached hydrogens (tertiary/aromatic N) is 2. The Kier molecular flexibility index (Phi) is 4.73. The Morgan fingerprint density at radius 1 is 0.783 bits per heavy atom. The minimum Gasteiger partial charge on any atom is -0.457 e. The van der Waals surface area contributed by atoms with Crippen molar-refractivity contribution in [3.8, 4) is 27.6 Å². The highest BCUT2D eigenvalue weighted by Gasteiger charge is 2.24. The van der Waals surface area contributed by atoms with Gasteiger partial charge in [-0.1, -0.05) is 28.4 Å². The molecule has 5 nitrogen and oxygen atoms in total. The van der Waals surface area contributed by atoms with Crippen molar-refractivity contribution in [2.75, 3.05) is 6.61 Å². The van der Waals surface area contributed by atoms with Gasteiger partial charge in [0.25, 0.3) is 0 Å². The van der Waals surface area contributed by atoms with E-state index in [1.807, 2.05) is 67.8 Å².